The van der Waals surface area contributed by atoms with Crippen LogP contribution in [0.2, 0.25) is 0 Å². The molecule has 3 heterocycles. The summed E-state index contributed by atoms with van der Waals surface area (Å²) in [6.07, 6.45) is 6.00. The van der Waals surface area contributed by atoms with Crippen molar-refractivity contribution in [3.63, 3.8) is 0 Å². The Labute approximate surface area is 187 Å². The summed E-state index contributed by atoms with van der Waals surface area (Å²) in [5, 5.41) is 4.00. The van der Waals surface area contributed by atoms with E-state index in [1.54, 1.807) is 0 Å². The second-order valence-electron chi connectivity index (χ2n) is 8.64. The van der Waals surface area contributed by atoms with E-state index in [0.29, 0.717) is 0 Å². The maximum absolute atomic E-state index is 4.69. The molecule has 4 rings (SSSR count). The summed E-state index contributed by atoms with van der Waals surface area (Å²) >= 11 is 0. The monoisotopic (exact) mass is 419 g/mol. The zero-order valence-electron chi connectivity index (χ0n) is 19.5. The summed E-state index contributed by atoms with van der Waals surface area (Å²) in [5.41, 5.74) is 4.81. The van der Waals surface area contributed by atoms with Gasteiger partial charge in [-0.2, -0.15) is 0 Å². The highest BCUT2D eigenvalue weighted by atomic mass is 15.3. The van der Waals surface area contributed by atoms with Crippen molar-refractivity contribution in [2.45, 2.75) is 20.4 Å². The van der Waals surface area contributed by atoms with Crippen molar-refractivity contribution in [3.05, 3.63) is 66.5 Å². The first kappa shape index (κ1) is 23.0. The Hall–Kier alpha value is -2.63. The van der Waals surface area contributed by atoms with E-state index in [9.17, 15) is 0 Å². The number of piperazine rings is 1. The Bertz CT molecular complexity index is 950. The average molecular weight is 420 g/mol. The highest BCUT2D eigenvalue weighted by Crippen LogP contribution is 2.27. The van der Waals surface area contributed by atoms with Gasteiger partial charge in [-0.3, -0.25) is 4.90 Å². The van der Waals surface area contributed by atoms with Crippen LogP contribution in [0.5, 0.6) is 0 Å². The topological polar surface area (TPSA) is 36.3 Å². The predicted octanol–water partition coefficient (Wildman–Crippen LogP) is 4.34. The molecule has 0 bridgehead atoms. The van der Waals surface area contributed by atoms with E-state index < -0.39 is 0 Å². The number of hydrogen-bond acceptors (Lipinski definition) is 4. The second kappa shape index (κ2) is 11.1. The molecule has 0 amide bonds. The lowest BCUT2D eigenvalue weighted by Crippen LogP contribution is -2.47. The molecule has 166 valence electrons. The van der Waals surface area contributed by atoms with Crippen LogP contribution >= 0.6 is 0 Å². The fourth-order valence-corrected chi connectivity index (χ4v) is 4.12. The third kappa shape index (κ3) is 5.96. The van der Waals surface area contributed by atoms with Crippen LogP contribution in [0.15, 0.2) is 55.4 Å². The third-order valence-electron chi connectivity index (χ3n) is 5.54. The average Bonchev–Trinajstić information content (AvgIpc) is 3.18. The summed E-state index contributed by atoms with van der Waals surface area (Å²) in [6.45, 7) is 14.9. The Morgan fingerprint density at radius 1 is 1.03 bits per heavy atom. The first-order valence-corrected chi connectivity index (χ1v) is 11.3. The molecular formula is C26H37N5. The van der Waals surface area contributed by atoms with Crippen molar-refractivity contribution >= 4 is 22.8 Å². The fourth-order valence-electron chi connectivity index (χ4n) is 4.12. The zero-order chi connectivity index (χ0) is 22.2. The zero-order valence-corrected chi connectivity index (χ0v) is 19.5. The number of nitrogens with one attached hydrogen (secondary N) is 1. The van der Waals surface area contributed by atoms with Crippen molar-refractivity contribution < 1.29 is 0 Å². The molecule has 3 aromatic rings. The molecule has 5 heteroatoms. The maximum Gasteiger partial charge on any atom is 0.142 e. The first-order chi connectivity index (χ1) is 15.0. The van der Waals surface area contributed by atoms with Crippen molar-refractivity contribution in [1.29, 1.82) is 0 Å². The minimum Gasteiger partial charge on any atom is -0.368 e. The van der Waals surface area contributed by atoms with Gasteiger partial charge in [0.1, 0.15) is 5.65 Å². The molecule has 0 aliphatic carbocycles. The highest BCUT2D eigenvalue weighted by molar-refractivity contribution is 5.90. The predicted molar refractivity (Wildman–Crippen MR) is 134 cm³/mol. The molecule has 1 N–H and O–H groups in total. The number of rotatable bonds is 6. The standard InChI is InChI=1S/C24H30N4.C2H7N/c1-4-20-5-7-21(8-6-20)18-28-12-10-22-23(9-11-25-24(22)28)27-15-13-26(14-16-27)17-19(2)3;1-3-2/h4-12,19H,1,13-18H2,2-3H3;3H,1-2H3. The third-order valence-corrected chi connectivity index (χ3v) is 5.54. The van der Waals surface area contributed by atoms with Crippen molar-refractivity contribution in [2.24, 2.45) is 5.92 Å². The molecule has 1 aliphatic heterocycles. The molecule has 1 aliphatic rings. The van der Waals surface area contributed by atoms with Crippen LogP contribution in [-0.2, 0) is 6.54 Å². The van der Waals surface area contributed by atoms with Gasteiger partial charge in [-0.25, -0.2) is 4.98 Å². The van der Waals surface area contributed by atoms with Crippen LogP contribution in [0.25, 0.3) is 17.1 Å². The van der Waals surface area contributed by atoms with Gasteiger partial charge in [-0.1, -0.05) is 50.8 Å². The minimum atomic E-state index is 0.730. The van der Waals surface area contributed by atoms with Crippen LogP contribution in [0.1, 0.15) is 25.0 Å². The molecule has 0 unspecified atom stereocenters. The van der Waals surface area contributed by atoms with Crippen molar-refractivity contribution in [1.82, 2.24) is 19.8 Å². The van der Waals surface area contributed by atoms with Crippen LogP contribution in [-0.4, -0.2) is 61.3 Å². The number of anilines is 1. The van der Waals surface area contributed by atoms with Gasteiger partial charge < -0.3 is 14.8 Å². The van der Waals surface area contributed by atoms with Gasteiger partial charge in [0.05, 0.1) is 0 Å². The van der Waals surface area contributed by atoms with Gasteiger partial charge in [0.25, 0.3) is 0 Å². The largest absolute Gasteiger partial charge is 0.368 e. The van der Waals surface area contributed by atoms with Crippen LogP contribution in [0.3, 0.4) is 0 Å². The van der Waals surface area contributed by atoms with Gasteiger partial charge in [0.15, 0.2) is 0 Å². The number of nitrogens with zero attached hydrogens (tertiary/aromatic N) is 4. The molecule has 31 heavy (non-hydrogen) atoms. The van der Waals surface area contributed by atoms with Crippen LogP contribution in [0, 0.1) is 5.92 Å². The molecule has 5 nitrogen and oxygen atoms in total. The van der Waals surface area contributed by atoms with Crippen LogP contribution in [0.4, 0.5) is 5.69 Å². The van der Waals surface area contributed by atoms with Gasteiger partial charge in [0, 0.05) is 62.7 Å². The second-order valence-corrected chi connectivity index (χ2v) is 8.64. The summed E-state index contributed by atoms with van der Waals surface area (Å²) in [5.74, 6) is 0.730. The lowest BCUT2D eigenvalue weighted by molar-refractivity contribution is 0.231. The summed E-state index contributed by atoms with van der Waals surface area (Å²) in [4.78, 5) is 9.79. The van der Waals surface area contributed by atoms with Gasteiger partial charge in [0.2, 0.25) is 0 Å². The summed E-state index contributed by atoms with van der Waals surface area (Å²) < 4.78 is 2.25. The van der Waals surface area contributed by atoms with E-state index in [2.05, 4.69) is 82.7 Å². The molecule has 0 atom stereocenters. The van der Waals surface area contributed by atoms with Crippen LogP contribution < -0.4 is 10.2 Å². The number of hydrogen-bond donors (Lipinski definition) is 1. The Morgan fingerprint density at radius 3 is 2.32 bits per heavy atom. The maximum atomic E-state index is 4.69. The van der Waals surface area contributed by atoms with E-state index in [0.717, 1.165) is 49.9 Å². The number of fused-ring (bicyclic) bond motifs is 1. The minimum absolute atomic E-state index is 0.730. The normalized spacial score (nSPS) is 14.5. The van der Waals surface area contributed by atoms with E-state index in [1.165, 1.54) is 23.2 Å². The van der Waals surface area contributed by atoms with Gasteiger partial charge in [-0.15, -0.1) is 0 Å². The molecular weight excluding hydrogens is 382 g/mol. The Kier molecular flexibility index (Phi) is 8.27. The van der Waals surface area contributed by atoms with E-state index in [1.807, 2.05) is 26.4 Å². The first-order valence-electron chi connectivity index (χ1n) is 11.3. The highest BCUT2D eigenvalue weighted by Gasteiger charge is 2.20. The molecule has 0 saturated carbocycles. The van der Waals surface area contributed by atoms with E-state index in [-0.39, 0.29) is 0 Å². The molecule has 2 aromatic heterocycles. The van der Waals surface area contributed by atoms with Crippen molar-refractivity contribution in [2.75, 3.05) is 51.7 Å². The number of benzene rings is 1. The lowest BCUT2D eigenvalue weighted by Gasteiger charge is -2.37. The quantitative estimate of drug-likeness (QED) is 0.645. The number of pyridine rings is 1. The fraction of sp³-hybridized carbons (Fsp3) is 0.423. The summed E-state index contributed by atoms with van der Waals surface area (Å²) in [6, 6.07) is 13.0. The molecule has 0 radical (unpaired) electrons. The molecule has 1 fully saturated rings. The molecule has 1 saturated heterocycles. The van der Waals surface area contributed by atoms with E-state index in [4.69, 9.17) is 4.98 Å². The Balaban J connectivity index is 0.000000858. The number of aromatic nitrogens is 2. The molecule has 1 aromatic carbocycles. The molecule has 0 spiro atoms. The Morgan fingerprint density at radius 2 is 1.71 bits per heavy atom. The summed E-state index contributed by atoms with van der Waals surface area (Å²) in [7, 11) is 3.75. The smallest absolute Gasteiger partial charge is 0.142 e. The van der Waals surface area contributed by atoms with E-state index >= 15 is 0 Å². The van der Waals surface area contributed by atoms with Gasteiger partial charge >= 0.3 is 0 Å². The lowest BCUT2D eigenvalue weighted by atomic mass is 10.1. The SMILES string of the molecule is C=Cc1ccc(Cn2ccc3c(N4CCN(CC(C)C)CC4)ccnc32)cc1.CNC. The van der Waals surface area contributed by atoms with Crippen molar-refractivity contribution in [3.8, 4) is 0 Å². The van der Waals surface area contributed by atoms with Gasteiger partial charge in [-0.05, 0) is 43.3 Å².